The van der Waals surface area contributed by atoms with E-state index in [2.05, 4.69) is 5.73 Å². The maximum absolute atomic E-state index is 10.5. The Labute approximate surface area is 98.0 Å². The zero-order chi connectivity index (χ0) is 10.4. The fourth-order valence-corrected chi connectivity index (χ4v) is 0. The summed E-state index contributed by atoms with van der Waals surface area (Å²) in [6.07, 6.45) is 0.903. The van der Waals surface area contributed by atoms with E-state index in [0.717, 1.165) is 0 Å². The molecular formula is C6H21IN2O2P2. The molecule has 13 heavy (non-hydrogen) atoms. The van der Waals surface area contributed by atoms with Gasteiger partial charge in [0.25, 0.3) is 0 Å². The van der Waals surface area contributed by atoms with Crippen LogP contribution in [0.4, 0.5) is 0 Å². The minimum absolute atomic E-state index is 0. The van der Waals surface area contributed by atoms with Crippen LogP contribution in [0.25, 0.3) is 0 Å². The molecule has 0 saturated heterocycles. The molecule has 7 heteroatoms. The molecule has 0 rings (SSSR count). The molecule has 0 aliphatic rings. The van der Waals surface area contributed by atoms with Gasteiger partial charge in [0.1, 0.15) is 13.4 Å². The molecule has 0 radical (unpaired) electrons. The highest BCUT2D eigenvalue weighted by molar-refractivity contribution is 7.62. The third-order valence-corrected chi connectivity index (χ3v) is 2.93. The van der Waals surface area contributed by atoms with Gasteiger partial charge in [-0.05, 0) is 26.7 Å². The first-order chi connectivity index (χ1) is 5.12. The number of hydrogen-bond acceptors (Lipinski definition) is 3. The molecule has 0 aromatic heterocycles. The Kier molecular flexibility index (Phi) is 12.7. The van der Waals surface area contributed by atoms with Crippen LogP contribution in [0.15, 0.2) is 0 Å². The van der Waals surface area contributed by atoms with Crippen LogP contribution in [-0.4, -0.2) is 39.2 Å². The number of halogens is 1. The molecule has 0 aliphatic carbocycles. The monoisotopic (exact) mass is 342 g/mol. The Balaban J connectivity index is -0.000000143. The second-order valence-corrected chi connectivity index (χ2v) is 10.7. The first-order valence-electron chi connectivity index (χ1n) is 3.69. The lowest BCUT2D eigenvalue weighted by Gasteiger charge is -1.96. The summed E-state index contributed by atoms with van der Waals surface area (Å²) < 4.78 is 21.0. The summed E-state index contributed by atoms with van der Waals surface area (Å²) >= 11 is 0. The van der Waals surface area contributed by atoms with Crippen molar-refractivity contribution in [3.63, 3.8) is 0 Å². The van der Waals surface area contributed by atoms with Gasteiger partial charge in [0.15, 0.2) is 0 Å². The smallest absolute Gasteiger partial charge is 0.134 e. The Hall–Kier alpha value is 1.11. The average molecular weight is 342 g/mol. The number of quaternary nitrogens is 1. The number of rotatable bonds is 2. The third-order valence-electron chi connectivity index (χ3n) is 0.978. The van der Waals surface area contributed by atoms with Gasteiger partial charge < -0.3 is 44.6 Å². The molecule has 4 nitrogen and oxygen atoms in total. The van der Waals surface area contributed by atoms with Gasteiger partial charge in [-0.3, -0.25) is 0 Å². The van der Waals surface area contributed by atoms with E-state index < -0.39 is 14.3 Å². The zero-order valence-electron chi connectivity index (χ0n) is 8.79. The summed E-state index contributed by atoms with van der Waals surface area (Å²) in [6.45, 7) is 6.82. The minimum Gasteiger partial charge on any atom is -1.00 e. The maximum atomic E-state index is 10.5. The van der Waals surface area contributed by atoms with Gasteiger partial charge in [-0.2, -0.15) is 0 Å². The van der Waals surface area contributed by atoms with Gasteiger partial charge in [0.2, 0.25) is 0 Å². The Bertz CT molecular complexity index is 177. The average Bonchev–Trinajstić information content (AvgIpc) is 1.86. The largest absolute Gasteiger partial charge is 1.00 e. The Morgan fingerprint density at radius 3 is 1.23 bits per heavy atom. The standard InChI is InChI=1S/2C3H10NOP.HI/c2*1-6(2,5)3-4;/h2*3-4H2,1-2H3;1H. The first kappa shape index (κ1) is 19.6. The van der Waals surface area contributed by atoms with Crippen LogP contribution in [-0.2, 0) is 9.13 Å². The molecule has 0 unspecified atom stereocenters. The normalized spacial score (nSPS) is 10.9. The van der Waals surface area contributed by atoms with E-state index in [1.54, 1.807) is 26.7 Å². The summed E-state index contributed by atoms with van der Waals surface area (Å²) in [5, 5.41) is 0. The van der Waals surface area contributed by atoms with Crippen molar-refractivity contribution < 1.29 is 38.8 Å². The molecule has 0 fully saturated rings. The molecule has 5 N–H and O–H groups in total. The van der Waals surface area contributed by atoms with Crippen LogP contribution in [0.2, 0.25) is 0 Å². The quantitative estimate of drug-likeness (QED) is 0.424. The van der Waals surface area contributed by atoms with Gasteiger partial charge in [-0.15, -0.1) is 0 Å². The van der Waals surface area contributed by atoms with Crippen LogP contribution in [0.3, 0.4) is 0 Å². The molecule has 0 aromatic rings. The van der Waals surface area contributed by atoms with E-state index in [0.29, 0.717) is 12.6 Å². The molecule has 0 aromatic carbocycles. The highest BCUT2D eigenvalue weighted by Crippen LogP contribution is 2.32. The van der Waals surface area contributed by atoms with Crippen molar-refractivity contribution in [1.29, 1.82) is 0 Å². The van der Waals surface area contributed by atoms with E-state index in [4.69, 9.17) is 5.73 Å². The predicted molar refractivity (Wildman–Crippen MR) is 55.7 cm³/mol. The molecule has 0 heterocycles. The van der Waals surface area contributed by atoms with E-state index in [1.165, 1.54) is 0 Å². The van der Waals surface area contributed by atoms with Crippen molar-refractivity contribution in [3.05, 3.63) is 0 Å². The van der Waals surface area contributed by atoms with Gasteiger partial charge in [-0.25, -0.2) is 0 Å². The molecule has 0 bridgehead atoms. The van der Waals surface area contributed by atoms with E-state index >= 15 is 0 Å². The highest BCUT2D eigenvalue weighted by atomic mass is 127. The lowest BCUT2D eigenvalue weighted by Crippen LogP contribution is -3.00. The highest BCUT2D eigenvalue weighted by Gasteiger charge is 2.02. The lowest BCUT2D eigenvalue weighted by molar-refractivity contribution is -0.341. The van der Waals surface area contributed by atoms with Crippen molar-refractivity contribution in [2.24, 2.45) is 5.73 Å². The molecule has 0 saturated carbocycles. The topological polar surface area (TPSA) is 87.8 Å². The molecule has 0 aliphatic heterocycles. The third kappa shape index (κ3) is 32.0. The van der Waals surface area contributed by atoms with Crippen LogP contribution >= 0.6 is 14.3 Å². The molecule has 0 amide bonds. The van der Waals surface area contributed by atoms with Crippen LogP contribution < -0.4 is 35.4 Å². The first-order valence-corrected chi connectivity index (χ1v) is 9.27. The Morgan fingerprint density at radius 2 is 1.23 bits per heavy atom. The maximum Gasteiger partial charge on any atom is 0.134 e. The van der Waals surface area contributed by atoms with Crippen molar-refractivity contribution >= 4 is 14.3 Å². The van der Waals surface area contributed by atoms with Crippen molar-refractivity contribution in [1.82, 2.24) is 0 Å². The second-order valence-electron chi connectivity index (χ2n) is 3.55. The molecule has 0 atom stereocenters. The van der Waals surface area contributed by atoms with Gasteiger partial charge in [-0.1, -0.05) is 0 Å². The summed E-state index contributed by atoms with van der Waals surface area (Å²) in [7, 11) is -3.63. The summed E-state index contributed by atoms with van der Waals surface area (Å²) in [5.74, 6) is 0. The molecule has 0 spiro atoms. The second kappa shape index (κ2) is 8.42. The number of nitrogens with two attached hydrogens (primary N) is 1. The van der Waals surface area contributed by atoms with Crippen LogP contribution in [0.1, 0.15) is 0 Å². The molecular weight excluding hydrogens is 321 g/mol. The predicted octanol–water partition coefficient (Wildman–Crippen LogP) is -2.66. The van der Waals surface area contributed by atoms with E-state index in [1.807, 2.05) is 0 Å². The minimum atomic E-state index is -1.87. The van der Waals surface area contributed by atoms with Gasteiger partial charge in [0, 0.05) is 6.29 Å². The van der Waals surface area contributed by atoms with E-state index in [9.17, 15) is 9.13 Å². The van der Waals surface area contributed by atoms with Crippen LogP contribution in [0.5, 0.6) is 0 Å². The van der Waals surface area contributed by atoms with Crippen molar-refractivity contribution in [3.8, 4) is 0 Å². The van der Waals surface area contributed by atoms with Gasteiger partial charge >= 0.3 is 0 Å². The Morgan fingerprint density at radius 1 is 1.08 bits per heavy atom. The van der Waals surface area contributed by atoms with Gasteiger partial charge in [0.05, 0.1) is 7.14 Å². The van der Waals surface area contributed by atoms with Crippen LogP contribution in [0, 0.1) is 0 Å². The van der Waals surface area contributed by atoms with E-state index in [-0.39, 0.29) is 24.0 Å². The number of hydrogen-bond donors (Lipinski definition) is 2. The lowest BCUT2D eigenvalue weighted by atomic mass is 11.5. The van der Waals surface area contributed by atoms with Crippen molar-refractivity contribution in [2.45, 2.75) is 0 Å². The SMILES string of the molecule is CP(C)(=O)CN.CP(C)(=O)C[NH3+].[I-]. The zero-order valence-corrected chi connectivity index (χ0v) is 12.7. The fourth-order valence-electron chi connectivity index (χ4n) is 0. The summed E-state index contributed by atoms with van der Waals surface area (Å²) in [4.78, 5) is 0. The summed E-state index contributed by atoms with van der Waals surface area (Å²) in [5.41, 5.74) is 8.54. The van der Waals surface area contributed by atoms with Crippen molar-refractivity contribution in [2.75, 3.05) is 39.2 Å². The molecule has 84 valence electrons. The fraction of sp³-hybridized carbons (Fsp3) is 1.00. The summed E-state index contributed by atoms with van der Waals surface area (Å²) in [6, 6.07) is 0.